The minimum absolute atomic E-state index is 0.0595. The molecule has 5 nitrogen and oxygen atoms in total. The van der Waals surface area contributed by atoms with Gasteiger partial charge < -0.3 is 15.4 Å². The van der Waals surface area contributed by atoms with Gasteiger partial charge in [0.1, 0.15) is 5.75 Å². The third kappa shape index (κ3) is 3.48. The van der Waals surface area contributed by atoms with Crippen molar-refractivity contribution in [1.82, 2.24) is 15.6 Å². The fourth-order valence-corrected chi connectivity index (χ4v) is 2.15. The maximum absolute atomic E-state index is 11.9. The number of methoxy groups -OCH3 is 1. The van der Waals surface area contributed by atoms with Crippen LogP contribution in [0.1, 0.15) is 36.6 Å². The van der Waals surface area contributed by atoms with Crippen LogP contribution in [-0.4, -0.2) is 30.1 Å². The summed E-state index contributed by atoms with van der Waals surface area (Å²) in [6, 6.07) is 0.176. The summed E-state index contributed by atoms with van der Waals surface area (Å²) in [6.45, 7) is 6.40. The van der Waals surface area contributed by atoms with Gasteiger partial charge in [0, 0.05) is 29.9 Å². The zero-order valence-electron chi connectivity index (χ0n) is 12.6. The molecule has 0 aliphatic heterocycles. The number of aromatic nitrogens is 1. The molecule has 1 heterocycles. The number of carbonyl (C=O) groups excluding carboxylic acids is 1. The molecule has 1 atom stereocenters. The van der Waals surface area contributed by atoms with Crippen LogP contribution in [0.5, 0.6) is 5.75 Å². The van der Waals surface area contributed by atoms with Gasteiger partial charge in [-0.25, -0.2) is 0 Å². The van der Waals surface area contributed by atoms with E-state index < -0.39 is 0 Å². The third-order valence-corrected chi connectivity index (χ3v) is 3.64. The average molecular weight is 277 g/mol. The first kappa shape index (κ1) is 14.8. The highest BCUT2D eigenvalue weighted by atomic mass is 16.5. The van der Waals surface area contributed by atoms with E-state index in [1.54, 1.807) is 13.3 Å². The number of nitrogens with one attached hydrogen (secondary N) is 2. The molecule has 1 aromatic rings. The van der Waals surface area contributed by atoms with E-state index in [1.165, 1.54) is 0 Å². The zero-order valence-corrected chi connectivity index (χ0v) is 12.6. The summed E-state index contributed by atoms with van der Waals surface area (Å²) in [5.41, 5.74) is 2.96. The lowest BCUT2D eigenvalue weighted by molar-refractivity contribution is -0.122. The molecule has 2 N–H and O–H groups in total. The Balaban J connectivity index is 1.94. The summed E-state index contributed by atoms with van der Waals surface area (Å²) in [7, 11) is 1.66. The van der Waals surface area contributed by atoms with Crippen LogP contribution in [-0.2, 0) is 11.3 Å². The third-order valence-electron chi connectivity index (χ3n) is 3.64. The van der Waals surface area contributed by atoms with Crippen LogP contribution >= 0.6 is 0 Å². The number of amides is 1. The summed E-state index contributed by atoms with van der Waals surface area (Å²) < 4.78 is 5.38. The van der Waals surface area contributed by atoms with Crippen LogP contribution in [0.25, 0.3) is 0 Å². The lowest BCUT2D eigenvalue weighted by Crippen LogP contribution is -2.42. The van der Waals surface area contributed by atoms with Gasteiger partial charge in [0.25, 0.3) is 0 Å². The molecule has 2 rings (SSSR count). The monoisotopic (exact) mass is 277 g/mol. The van der Waals surface area contributed by atoms with Gasteiger partial charge in [0.15, 0.2) is 0 Å². The van der Waals surface area contributed by atoms with Gasteiger partial charge in [-0.15, -0.1) is 0 Å². The van der Waals surface area contributed by atoms with Crippen LogP contribution in [0, 0.1) is 13.8 Å². The largest absolute Gasteiger partial charge is 0.496 e. The number of aryl methyl sites for hydroxylation is 1. The minimum Gasteiger partial charge on any atom is -0.496 e. The molecule has 0 bridgehead atoms. The molecular weight excluding hydrogens is 254 g/mol. The number of ether oxygens (including phenoxy) is 1. The number of nitrogens with zero attached hydrogens (tertiary/aromatic N) is 1. The normalized spacial score (nSPS) is 15.8. The van der Waals surface area contributed by atoms with E-state index in [9.17, 15) is 4.79 Å². The second kappa shape index (κ2) is 6.22. The second-order valence-corrected chi connectivity index (χ2v) is 5.43. The Hall–Kier alpha value is -1.62. The molecule has 0 saturated heterocycles. The standard InChI is InChI=1S/C15H23N3O2/c1-9-7-17-13(10(2)14(9)20-4)8-16-11(3)15(19)18-12-5-6-12/h7,11-12,16H,5-6,8H2,1-4H3,(H,18,19). The van der Waals surface area contributed by atoms with Gasteiger partial charge in [-0.1, -0.05) is 0 Å². The molecule has 20 heavy (non-hydrogen) atoms. The number of hydrogen-bond acceptors (Lipinski definition) is 4. The van der Waals surface area contributed by atoms with Crippen molar-refractivity contribution >= 4 is 5.91 Å². The molecule has 0 spiro atoms. The summed E-state index contributed by atoms with van der Waals surface area (Å²) in [4.78, 5) is 16.3. The molecule has 5 heteroatoms. The van der Waals surface area contributed by atoms with Crippen molar-refractivity contribution in [1.29, 1.82) is 0 Å². The van der Waals surface area contributed by atoms with Crippen LogP contribution < -0.4 is 15.4 Å². The first-order chi connectivity index (χ1) is 9.52. The molecule has 1 aromatic heterocycles. The SMILES string of the molecule is COc1c(C)cnc(CNC(C)C(=O)NC2CC2)c1C. The van der Waals surface area contributed by atoms with E-state index >= 15 is 0 Å². The Bertz CT molecular complexity index is 498. The van der Waals surface area contributed by atoms with Crippen LogP contribution in [0.3, 0.4) is 0 Å². The molecule has 0 aromatic carbocycles. The highest BCUT2D eigenvalue weighted by molar-refractivity contribution is 5.81. The number of pyridine rings is 1. The molecule has 1 aliphatic rings. The first-order valence-corrected chi connectivity index (χ1v) is 7.05. The fraction of sp³-hybridized carbons (Fsp3) is 0.600. The van der Waals surface area contributed by atoms with E-state index in [1.807, 2.05) is 20.8 Å². The van der Waals surface area contributed by atoms with Crippen molar-refractivity contribution in [2.45, 2.75) is 52.2 Å². The van der Waals surface area contributed by atoms with E-state index in [2.05, 4.69) is 15.6 Å². The maximum Gasteiger partial charge on any atom is 0.237 e. The predicted octanol–water partition coefficient (Wildman–Crippen LogP) is 1.46. The quantitative estimate of drug-likeness (QED) is 0.826. The van der Waals surface area contributed by atoms with Gasteiger partial charge in [0.05, 0.1) is 18.8 Å². The summed E-state index contributed by atoms with van der Waals surface area (Å²) in [5.74, 6) is 0.927. The molecule has 110 valence electrons. The van der Waals surface area contributed by atoms with Gasteiger partial charge in [-0.05, 0) is 33.6 Å². The van der Waals surface area contributed by atoms with Gasteiger partial charge >= 0.3 is 0 Å². The zero-order chi connectivity index (χ0) is 14.7. The lowest BCUT2D eigenvalue weighted by Gasteiger charge is -2.16. The van der Waals surface area contributed by atoms with E-state index in [0.717, 1.165) is 35.4 Å². The van der Waals surface area contributed by atoms with Crippen molar-refractivity contribution < 1.29 is 9.53 Å². The molecule has 1 aliphatic carbocycles. The highest BCUT2D eigenvalue weighted by Crippen LogP contribution is 2.23. The van der Waals surface area contributed by atoms with Crippen molar-refractivity contribution in [2.75, 3.05) is 7.11 Å². The van der Waals surface area contributed by atoms with Gasteiger partial charge in [-0.3, -0.25) is 9.78 Å². The van der Waals surface area contributed by atoms with Gasteiger partial charge in [-0.2, -0.15) is 0 Å². The van der Waals surface area contributed by atoms with Crippen molar-refractivity contribution in [3.8, 4) is 5.75 Å². The molecular formula is C15H23N3O2. The topological polar surface area (TPSA) is 63.2 Å². The van der Waals surface area contributed by atoms with Crippen molar-refractivity contribution in [2.24, 2.45) is 0 Å². The fourth-order valence-electron chi connectivity index (χ4n) is 2.15. The van der Waals surface area contributed by atoms with E-state index in [0.29, 0.717) is 12.6 Å². The summed E-state index contributed by atoms with van der Waals surface area (Å²) >= 11 is 0. The minimum atomic E-state index is -0.218. The van der Waals surface area contributed by atoms with Crippen molar-refractivity contribution in [3.05, 3.63) is 23.0 Å². The Morgan fingerprint density at radius 3 is 2.80 bits per heavy atom. The van der Waals surface area contributed by atoms with Gasteiger partial charge in [0.2, 0.25) is 5.91 Å². The van der Waals surface area contributed by atoms with Crippen LogP contribution in [0.15, 0.2) is 6.20 Å². The maximum atomic E-state index is 11.9. The Morgan fingerprint density at radius 1 is 1.50 bits per heavy atom. The summed E-state index contributed by atoms with van der Waals surface area (Å²) in [6.07, 6.45) is 4.01. The molecule has 1 fully saturated rings. The van der Waals surface area contributed by atoms with E-state index in [4.69, 9.17) is 4.74 Å². The number of rotatable bonds is 6. The Labute approximate surface area is 120 Å². The second-order valence-electron chi connectivity index (χ2n) is 5.43. The van der Waals surface area contributed by atoms with Crippen molar-refractivity contribution in [3.63, 3.8) is 0 Å². The number of hydrogen-bond donors (Lipinski definition) is 2. The molecule has 1 saturated carbocycles. The molecule has 1 amide bonds. The van der Waals surface area contributed by atoms with Crippen LogP contribution in [0.4, 0.5) is 0 Å². The highest BCUT2D eigenvalue weighted by Gasteiger charge is 2.25. The first-order valence-electron chi connectivity index (χ1n) is 7.05. The van der Waals surface area contributed by atoms with Crippen LogP contribution in [0.2, 0.25) is 0 Å². The Kier molecular flexibility index (Phi) is 4.60. The molecule has 0 radical (unpaired) electrons. The Morgan fingerprint density at radius 2 is 2.20 bits per heavy atom. The lowest BCUT2D eigenvalue weighted by atomic mass is 10.1. The predicted molar refractivity (Wildman–Crippen MR) is 77.7 cm³/mol. The van der Waals surface area contributed by atoms with E-state index in [-0.39, 0.29) is 11.9 Å². The number of carbonyl (C=O) groups is 1. The molecule has 1 unspecified atom stereocenters. The summed E-state index contributed by atoms with van der Waals surface area (Å²) in [5, 5.41) is 6.20. The smallest absolute Gasteiger partial charge is 0.237 e. The average Bonchev–Trinajstić information content (AvgIpc) is 3.22.